The first kappa shape index (κ1) is 21.4. The number of oxazole rings is 1. The SMILES string of the molecule is O=C(Cc1coc(-c2ccccc2)n1)NCc1ccccc1-c1ccc(Cn2cccn2)cc1. The second-order valence-electron chi connectivity index (χ2n) is 8.02. The molecule has 1 amide bonds. The largest absolute Gasteiger partial charge is 0.444 e. The Morgan fingerprint density at radius 3 is 2.47 bits per heavy atom. The third kappa shape index (κ3) is 5.13. The van der Waals surface area contributed by atoms with Gasteiger partial charge in [-0.25, -0.2) is 4.98 Å². The first-order valence-corrected chi connectivity index (χ1v) is 11.2. The number of amides is 1. The van der Waals surface area contributed by atoms with Gasteiger partial charge in [-0.15, -0.1) is 0 Å². The van der Waals surface area contributed by atoms with Crippen LogP contribution in [0.5, 0.6) is 0 Å². The van der Waals surface area contributed by atoms with Gasteiger partial charge in [-0.1, -0.05) is 66.7 Å². The Kier molecular flexibility index (Phi) is 6.29. The second kappa shape index (κ2) is 10.0. The predicted octanol–water partition coefficient (Wildman–Crippen LogP) is 5.11. The van der Waals surface area contributed by atoms with Crippen molar-refractivity contribution in [1.82, 2.24) is 20.1 Å². The monoisotopic (exact) mass is 448 g/mol. The average Bonchev–Trinajstić information content (AvgIpc) is 3.56. The molecule has 0 aliphatic carbocycles. The number of carbonyl (C=O) groups is 1. The van der Waals surface area contributed by atoms with Crippen molar-refractivity contribution < 1.29 is 9.21 Å². The Morgan fingerprint density at radius 2 is 1.68 bits per heavy atom. The summed E-state index contributed by atoms with van der Waals surface area (Å²) in [6, 6.07) is 28.1. The lowest BCUT2D eigenvalue weighted by atomic mass is 9.98. The van der Waals surface area contributed by atoms with Crippen LogP contribution in [0.15, 0.2) is 108 Å². The highest BCUT2D eigenvalue weighted by molar-refractivity contribution is 5.78. The molecule has 6 heteroatoms. The number of hydrogen-bond donors (Lipinski definition) is 1. The standard InChI is InChI=1S/C28H24N4O2/c33-27(17-25-20-34-28(31-25)23-7-2-1-3-8-23)29-18-24-9-4-5-10-26(24)22-13-11-21(12-14-22)19-32-16-6-15-30-32/h1-16,20H,17-19H2,(H,29,33). The summed E-state index contributed by atoms with van der Waals surface area (Å²) in [6.45, 7) is 1.17. The van der Waals surface area contributed by atoms with Gasteiger partial charge in [0.15, 0.2) is 0 Å². The zero-order valence-corrected chi connectivity index (χ0v) is 18.6. The van der Waals surface area contributed by atoms with Gasteiger partial charge in [0, 0.05) is 24.5 Å². The summed E-state index contributed by atoms with van der Waals surface area (Å²) in [5.41, 5.74) is 5.94. The molecule has 6 nitrogen and oxygen atoms in total. The Hall–Kier alpha value is -4.45. The van der Waals surface area contributed by atoms with Gasteiger partial charge in [0.1, 0.15) is 6.26 Å². The van der Waals surface area contributed by atoms with Gasteiger partial charge >= 0.3 is 0 Å². The average molecular weight is 449 g/mol. The van der Waals surface area contributed by atoms with Crippen LogP contribution >= 0.6 is 0 Å². The summed E-state index contributed by atoms with van der Waals surface area (Å²) in [6.07, 6.45) is 5.44. The molecule has 5 aromatic rings. The summed E-state index contributed by atoms with van der Waals surface area (Å²) < 4.78 is 7.44. The molecule has 0 aliphatic heterocycles. The molecule has 0 radical (unpaired) electrons. The van der Waals surface area contributed by atoms with Crippen molar-refractivity contribution >= 4 is 5.91 Å². The Bertz CT molecular complexity index is 1360. The zero-order valence-electron chi connectivity index (χ0n) is 18.6. The Labute approximate surface area is 197 Å². The van der Waals surface area contributed by atoms with E-state index < -0.39 is 0 Å². The van der Waals surface area contributed by atoms with Crippen LogP contribution in [-0.2, 0) is 24.3 Å². The topological polar surface area (TPSA) is 73.0 Å². The van der Waals surface area contributed by atoms with Gasteiger partial charge < -0.3 is 9.73 Å². The molecule has 0 fully saturated rings. The van der Waals surface area contributed by atoms with Gasteiger partial charge in [-0.05, 0) is 40.5 Å². The summed E-state index contributed by atoms with van der Waals surface area (Å²) in [5.74, 6) is 0.419. The fourth-order valence-electron chi connectivity index (χ4n) is 3.85. The third-order valence-electron chi connectivity index (χ3n) is 5.58. The quantitative estimate of drug-likeness (QED) is 0.358. The fourth-order valence-corrected chi connectivity index (χ4v) is 3.85. The van der Waals surface area contributed by atoms with Crippen molar-refractivity contribution in [1.29, 1.82) is 0 Å². The van der Waals surface area contributed by atoms with Gasteiger partial charge in [0.2, 0.25) is 11.8 Å². The van der Waals surface area contributed by atoms with E-state index in [1.807, 2.05) is 65.5 Å². The first-order valence-electron chi connectivity index (χ1n) is 11.2. The maximum Gasteiger partial charge on any atom is 0.226 e. The molecule has 5 rings (SSSR count). The smallest absolute Gasteiger partial charge is 0.226 e. The van der Waals surface area contributed by atoms with Crippen molar-refractivity contribution in [2.45, 2.75) is 19.5 Å². The summed E-state index contributed by atoms with van der Waals surface area (Å²) in [7, 11) is 0. The zero-order chi connectivity index (χ0) is 23.2. The van der Waals surface area contributed by atoms with Gasteiger partial charge in [-0.2, -0.15) is 5.10 Å². The molecule has 34 heavy (non-hydrogen) atoms. The predicted molar refractivity (Wildman–Crippen MR) is 131 cm³/mol. The van der Waals surface area contributed by atoms with Crippen LogP contribution in [0, 0.1) is 0 Å². The lowest BCUT2D eigenvalue weighted by Gasteiger charge is -2.11. The normalized spacial score (nSPS) is 10.8. The maximum absolute atomic E-state index is 12.6. The molecule has 0 saturated carbocycles. The minimum absolute atomic E-state index is 0.0997. The number of benzene rings is 3. The van der Waals surface area contributed by atoms with Crippen LogP contribution in [0.4, 0.5) is 0 Å². The van der Waals surface area contributed by atoms with Crippen molar-refractivity contribution in [2.24, 2.45) is 0 Å². The molecule has 0 atom stereocenters. The second-order valence-corrected chi connectivity index (χ2v) is 8.02. The molecule has 168 valence electrons. The number of nitrogens with one attached hydrogen (secondary N) is 1. The lowest BCUT2D eigenvalue weighted by molar-refractivity contribution is -0.120. The molecule has 0 aliphatic rings. The van der Waals surface area contributed by atoms with E-state index in [2.05, 4.69) is 45.7 Å². The van der Waals surface area contributed by atoms with E-state index >= 15 is 0 Å². The van der Waals surface area contributed by atoms with Crippen LogP contribution in [0.1, 0.15) is 16.8 Å². The highest BCUT2D eigenvalue weighted by Crippen LogP contribution is 2.24. The van der Waals surface area contributed by atoms with E-state index in [0.717, 1.165) is 28.8 Å². The van der Waals surface area contributed by atoms with E-state index in [1.165, 1.54) is 5.56 Å². The van der Waals surface area contributed by atoms with E-state index in [9.17, 15) is 4.79 Å². The molecular formula is C28H24N4O2. The minimum Gasteiger partial charge on any atom is -0.444 e. The van der Waals surface area contributed by atoms with Gasteiger partial charge in [-0.3, -0.25) is 9.48 Å². The Morgan fingerprint density at radius 1 is 0.882 bits per heavy atom. The summed E-state index contributed by atoms with van der Waals surface area (Å²) in [4.78, 5) is 17.0. The molecule has 0 spiro atoms. The Balaban J connectivity index is 1.22. The van der Waals surface area contributed by atoms with Crippen molar-refractivity contribution in [3.05, 3.63) is 120 Å². The minimum atomic E-state index is -0.0997. The number of aromatic nitrogens is 3. The highest BCUT2D eigenvalue weighted by Gasteiger charge is 2.12. The van der Waals surface area contributed by atoms with Crippen LogP contribution in [0.2, 0.25) is 0 Å². The first-order chi connectivity index (χ1) is 16.7. The number of hydrogen-bond acceptors (Lipinski definition) is 4. The molecule has 3 aromatic carbocycles. The maximum atomic E-state index is 12.6. The van der Waals surface area contributed by atoms with Crippen LogP contribution in [-0.4, -0.2) is 20.7 Å². The molecule has 2 heterocycles. The summed E-state index contributed by atoms with van der Waals surface area (Å²) in [5, 5.41) is 7.28. The fraction of sp³-hybridized carbons (Fsp3) is 0.107. The summed E-state index contributed by atoms with van der Waals surface area (Å²) >= 11 is 0. The van der Waals surface area contributed by atoms with Crippen molar-refractivity contribution in [2.75, 3.05) is 0 Å². The van der Waals surface area contributed by atoms with E-state index in [-0.39, 0.29) is 12.3 Å². The van der Waals surface area contributed by atoms with Crippen LogP contribution in [0.25, 0.3) is 22.6 Å². The molecule has 0 bridgehead atoms. The number of nitrogens with zero attached hydrogens (tertiary/aromatic N) is 3. The van der Waals surface area contributed by atoms with Crippen LogP contribution in [0.3, 0.4) is 0 Å². The molecule has 1 N–H and O–H groups in total. The molecule has 0 unspecified atom stereocenters. The van der Waals surface area contributed by atoms with Crippen molar-refractivity contribution in [3.8, 4) is 22.6 Å². The van der Waals surface area contributed by atoms with E-state index in [4.69, 9.17) is 4.42 Å². The number of carbonyl (C=O) groups excluding carboxylic acids is 1. The molecule has 2 aromatic heterocycles. The highest BCUT2D eigenvalue weighted by atomic mass is 16.3. The lowest BCUT2D eigenvalue weighted by Crippen LogP contribution is -2.25. The molecule has 0 saturated heterocycles. The third-order valence-corrected chi connectivity index (χ3v) is 5.58. The van der Waals surface area contributed by atoms with Crippen LogP contribution < -0.4 is 5.32 Å². The van der Waals surface area contributed by atoms with Gasteiger partial charge in [0.25, 0.3) is 0 Å². The number of rotatable bonds is 8. The van der Waals surface area contributed by atoms with Crippen molar-refractivity contribution in [3.63, 3.8) is 0 Å². The molecular weight excluding hydrogens is 424 g/mol. The van der Waals surface area contributed by atoms with Gasteiger partial charge in [0.05, 0.1) is 18.7 Å². The van der Waals surface area contributed by atoms with E-state index in [1.54, 1.807) is 12.5 Å². The van der Waals surface area contributed by atoms with E-state index in [0.29, 0.717) is 18.1 Å².